The topological polar surface area (TPSA) is 26.3 Å². The molecular weight excluding hydrogens is 272 g/mol. The minimum Gasteiger partial charge on any atom is -0.483 e. The first-order chi connectivity index (χ1) is 9.47. The van der Waals surface area contributed by atoms with Crippen molar-refractivity contribution in [3.63, 3.8) is 0 Å². The third-order valence-corrected chi connectivity index (χ3v) is 3.36. The maximum absolute atomic E-state index is 12.4. The standard InChI is InChI=1S/C17H17ClO2/c1-11-7-8-16(12(2)9-11)17(19)13(3)20-15-6-4-5-14(18)10-15/h4-10,13H,1-3H3. The van der Waals surface area contributed by atoms with Gasteiger partial charge in [0.15, 0.2) is 6.10 Å². The molecule has 2 rings (SSSR count). The summed E-state index contributed by atoms with van der Waals surface area (Å²) in [6, 6.07) is 12.8. The highest BCUT2D eigenvalue weighted by molar-refractivity contribution is 6.30. The SMILES string of the molecule is Cc1ccc(C(=O)C(C)Oc2cccc(Cl)c2)c(C)c1. The Kier molecular flexibility index (Phi) is 4.46. The van der Waals surface area contributed by atoms with Gasteiger partial charge in [-0.2, -0.15) is 0 Å². The molecule has 0 fully saturated rings. The highest BCUT2D eigenvalue weighted by Gasteiger charge is 2.18. The van der Waals surface area contributed by atoms with E-state index in [0.29, 0.717) is 16.3 Å². The van der Waals surface area contributed by atoms with Crippen LogP contribution in [0.1, 0.15) is 28.4 Å². The molecule has 2 aromatic rings. The molecule has 104 valence electrons. The second-order valence-electron chi connectivity index (χ2n) is 4.90. The van der Waals surface area contributed by atoms with Gasteiger partial charge in [-0.1, -0.05) is 41.4 Å². The lowest BCUT2D eigenvalue weighted by atomic mass is 10.00. The van der Waals surface area contributed by atoms with Crippen molar-refractivity contribution in [2.45, 2.75) is 26.9 Å². The summed E-state index contributed by atoms with van der Waals surface area (Å²) in [5, 5.41) is 0.591. The average molecular weight is 289 g/mol. The third-order valence-electron chi connectivity index (χ3n) is 3.13. The minimum absolute atomic E-state index is 0.0255. The minimum atomic E-state index is -0.546. The first-order valence-corrected chi connectivity index (χ1v) is 6.89. The van der Waals surface area contributed by atoms with Gasteiger partial charge >= 0.3 is 0 Å². The summed E-state index contributed by atoms with van der Waals surface area (Å²) in [6.07, 6.45) is -0.546. The van der Waals surface area contributed by atoms with Crippen molar-refractivity contribution < 1.29 is 9.53 Å². The molecule has 1 unspecified atom stereocenters. The molecule has 0 spiro atoms. The zero-order valence-electron chi connectivity index (χ0n) is 11.8. The number of halogens is 1. The molecule has 2 aromatic carbocycles. The van der Waals surface area contributed by atoms with E-state index in [0.717, 1.165) is 11.1 Å². The lowest BCUT2D eigenvalue weighted by Crippen LogP contribution is -2.24. The summed E-state index contributed by atoms with van der Waals surface area (Å²) in [5.74, 6) is 0.575. The van der Waals surface area contributed by atoms with Gasteiger partial charge in [-0.05, 0) is 44.5 Å². The van der Waals surface area contributed by atoms with Crippen molar-refractivity contribution in [1.82, 2.24) is 0 Å². The lowest BCUT2D eigenvalue weighted by molar-refractivity contribution is 0.0817. The van der Waals surface area contributed by atoms with Crippen LogP contribution in [-0.2, 0) is 0 Å². The molecule has 0 radical (unpaired) electrons. The van der Waals surface area contributed by atoms with E-state index < -0.39 is 6.10 Å². The predicted molar refractivity (Wildman–Crippen MR) is 81.8 cm³/mol. The number of benzene rings is 2. The smallest absolute Gasteiger partial charge is 0.203 e. The van der Waals surface area contributed by atoms with Crippen molar-refractivity contribution in [2.75, 3.05) is 0 Å². The molecule has 0 N–H and O–H groups in total. The van der Waals surface area contributed by atoms with Gasteiger partial charge in [0, 0.05) is 10.6 Å². The summed E-state index contributed by atoms with van der Waals surface area (Å²) in [7, 11) is 0. The summed E-state index contributed by atoms with van der Waals surface area (Å²) in [4.78, 5) is 12.4. The highest BCUT2D eigenvalue weighted by Crippen LogP contribution is 2.20. The van der Waals surface area contributed by atoms with Crippen LogP contribution in [0.5, 0.6) is 5.75 Å². The molecule has 2 nitrogen and oxygen atoms in total. The highest BCUT2D eigenvalue weighted by atomic mass is 35.5. The zero-order valence-corrected chi connectivity index (χ0v) is 12.6. The quantitative estimate of drug-likeness (QED) is 0.768. The molecule has 0 aliphatic heterocycles. The van der Waals surface area contributed by atoms with E-state index in [1.54, 1.807) is 31.2 Å². The fourth-order valence-electron chi connectivity index (χ4n) is 2.11. The lowest BCUT2D eigenvalue weighted by Gasteiger charge is -2.15. The van der Waals surface area contributed by atoms with Crippen molar-refractivity contribution >= 4 is 17.4 Å². The molecule has 0 saturated carbocycles. The van der Waals surface area contributed by atoms with Gasteiger partial charge in [0.2, 0.25) is 5.78 Å². The number of carbonyl (C=O) groups is 1. The molecule has 0 bridgehead atoms. The van der Waals surface area contributed by atoms with E-state index in [1.165, 1.54) is 0 Å². The van der Waals surface area contributed by atoms with Gasteiger partial charge in [-0.3, -0.25) is 4.79 Å². The van der Waals surface area contributed by atoms with Crippen LogP contribution >= 0.6 is 11.6 Å². The molecule has 0 heterocycles. The Labute approximate surface area is 124 Å². The van der Waals surface area contributed by atoms with E-state index in [2.05, 4.69) is 0 Å². The summed E-state index contributed by atoms with van der Waals surface area (Å²) in [5.41, 5.74) is 2.81. The molecule has 0 aliphatic carbocycles. The zero-order chi connectivity index (χ0) is 14.7. The van der Waals surface area contributed by atoms with Crippen molar-refractivity contribution in [2.24, 2.45) is 0 Å². The number of Topliss-reactive ketones (excluding diaryl/α,β-unsaturated/α-hetero) is 1. The number of aryl methyl sites for hydroxylation is 2. The van der Waals surface area contributed by atoms with Crippen molar-refractivity contribution in [3.8, 4) is 5.75 Å². The Morgan fingerprint density at radius 1 is 1.15 bits per heavy atom. The normalized spacial score (nSPS) is 12.0. The molecule has 0 amide bonds. The second-order valence-corrected chi connectivity index (χ2v) is 5.34. The molecule has 20 heavy (non-hydrogen) atoms. The van der Waals surface area contributed by atoms with Crippen molar-refractivity contribution in [3.05, 3.63) is 64.2 Å². The van der Waals surface area contributed by atoms with Crippen LogP contribution in [0.3, 0.4) is 0 Å². The Morgan fingerprint density at radius 3 is 2.55 bits per heavy atom. The summed E-state index contributed by atoms with van der Waals surface area (Å²) in [6.45, 7) is 5.70. The molecular formula is C17H17ClO2. The van der Waals surface area contributed by atoms with Gasteiger partial charge in [-0.25, -0.2) is 0 Å². The third kappa shape index (κ3) is 3.40. The maximum Gasteiger partial charge on any atom is 0.203 e. The van der Waals surface area contributed by atoms with Crippen LogP contribution in [0.15, 0.2) is 42.5 Å². The number of carbonyl (C=O) groups excluding carboxylic acids is 1. The number of ketones is 1. The van der Waals surface area contributed by atoms with Gasteiger partial charge < -0.3 is 4.74 Å². The monoisotopic (exact) mass is 288 g/mol. The van der Waals surface area contributed by atoms with E-state index in [-0.39, 0.29) is 5.78 Å². The average Bonchev–Trinajstić information content (AvgIpc) is 2.38. The molecule has 0 aromatic heterocycles. The first-order valence-electron chi connectivity index (χ1n) is 6.51. The number of ether oxygens (including phenoxy) is 1. The van der Waals surface area contributed by atoms with Crippen LogP contribution in [-0.4, -0.2) is 11.9 Å². The van der Waals surface area contributed by atoms with Crippen LogP contribution in [0.25, 0.3) is 0 Å². The van der Waals surface area contributed by atoms with Crippen LogP contribution in [0.2, 0.25) is 5.02 Å². The second kappa shape index (κ2) is 6.10. The predicted octanol–water partition coefficient (Wildman–Crippen LogP) is 4.61. The van der Waals surface area contributed by atoms with Gasteiger partial charge in [0.1, 0.15) is 5.75 Å². The molecule has 1 atom stereocenters. The number of hydrogen-bond acceptors (Lipinski definition) is 2. The first kappa shape index (κ1) is 14.6. The van der Waals surface area contributed by atoms with Crippen LogP contribution < -0.4 is 4.74 Å². The largest absolute Gasteiger partial charge is 0.483 e. The Hall–Kier alpha value is -1.80. The molecule has 0 saturated heterocycles. The van der Waals surface area contributed by atoms with E-state index in [4.69, 9.17) is 16.3 Å². The Morgan fingerprint density at radius 2 is 1.90 bits per heavy atom. The Bertz CT molecular complexity index is 635. The number of rotatable bonds is 4. The fourth-order valence-corrected chi connectivity index (χ4v) is 2.29. The van der Waals surface area contributed by atoms with Crippen molar-refractivity contribution in [1.29, 1.82) is 0 Å². The summed E-state index contributed by atoms with van der Waals surface area (Å²) < 4.78 is 5.66. The number of hydrogen-bond donors (Lipinski definition) is 0. The molecule has 0 aliphatic rings. The van der Waals surface area contributed by atoms with Gasteiger partial charge in [0.25, 0.3) is 0 Å². The van der Waals surface area contributed by atoms with Gasteiger partial charge in [-0.15, -0.1) is 0 Å². The fraction of sp³-hybridized carbons (Fsp3) is 0.235. The van der Waals surface area contributed by atoms with E-state index in [1.807, 2.05) is 32.0 Å². The van der Waals surface area contributed by atoms with Gasteiger partial charge in [0.05, 0.1) is 0 Å². The van der Waals surface area contributed by atoms with E-state index >= 15 is 0 Å². The maximum atomic E-state index is 12.4. The van der Waals surface area contributed by atoms with Crippen LogP contribution in [0, 0.1) is 13.8 Å². The van der Waals surface area contributed by atoms with E-state index in [9.17, 15) is 4.79 Å². The van der Waals surface area contributed by atoms with Crippen LogP contribution in [0.4, 0.5) is 0 Å². The Balaban J connectivity index is 2.16. The molecule has 3 heteroatoms. The summed E-state index contributed by atoms with van der Waals surface area (Å²) >= 11 is 5.90.